The standard InChI is InChI=1S/C23H30FN3O2.HI/c1-17-7-8-20(22(13-17)29-16-18-10-12-28-15-18)14-27-23(25-2)26-11-9-19-5-3-4-6-21(19)24;/h3-8,13,18H,9-12,14-16H2,1-2H3,(H2,25,26,27);1H. The van der Waals surface area contributed by atoms with E-state index in [1.54, 1.807) is 19.2 Å². The van der Waals surface area contributed by atoms with E-state index in [1.165, 1.54) is 11.6 Å². The first-order valence-electron chi connectivity index (χ1n) is 10.1. The number of benzene rings is 2. The number of hydrogen-bond acceptors (Lipinski definition) is 3. The Balaban J connectivity index is 0.00000320. The van der Waals surface area contributed by atoms with E-state index in [2.05, 4.69) is 40.7 Å². The number of nitrogens with one attached hydrogen (secondary N) is 2. The highest BCUT2D eigenvalue weighted by Crippen LogP contribution is 2.22. The highest BCUT2D eigenvalue weighted by atomic mass is 127. The van der Waals surface area contributed by atoms with Crippen LogP contribution in [0.4, 0.5) is 4.39 Å². The number of ether oxygens (including phenoxy) is 2. The summed E-state index contributed by atoms with van der Waals surface area (Å²) in [5.74, 6) is 1.86. The Hall–Kier alpha value is -1.87. The average Bonchev–Trinajstić information content (AvgIpc) is 3.25. The normalized spacial score (nSPS) is 16.1. The summed E-state index contributed by atoms with van der Waals surface area (Å²) in [5.41, 5.74) is 2.94. The van der Waals surface area contributed by atoms with Gasteiger partial charge in [0.2, 0.25) is 0 Å². The molecule has 1 aliphatic heterocycles. The van der Waals surface area contributed by atoms with Crippen molar-refractivity contribution in [3.8, 4) is 5.75 Å². The van der Waals surface area contributed by atoms with E-state index < -0.39 is 0 Å². The smallest absolute Gasteiger partial charge is 0.191 e. The van der Waals surface area contributed by atoms with Crippen molar-refractivity contribution in [3.63, 3.8) is 0 Å². The van der Waals surface area contributed by atoms with E-state index in [9.17, 15) is 4.39 Å². The number of aliphatic imine (C=N–C) groups is 1. The molecular weight excluding hydrogens is 496 g/mol. The lowest BCUT2D eigenvalue weighted by Crippen LogP contribution is -2.38. The molecule has 1 saturated heterocycles. The summed E-state index contributed by atoms with van der Waals surface area (Å²) in [6.45, 7) is 5.52. The monoisotopic (exact) mass is 527 g/mol. The van der Waals surface area contributed by atoms with Crippen LogP contribution in [0.15, 0.2) is 47.5 Å². The van der Waals surface area contributed by atoms with E-state index in [4.69, 9.17) is 9.47 Å². The predicted molar refractivity (Wildman–Crippen MR) is 129 cm³/mol. The fraction of sp³-hybridized carbons (Fsp3) is 0.435. The first kappa shape index (κ1) is 24.4. The molecule has 0 aromatic heterocycles. The maximum Gasteiger partial charge on any atom is 0.191 e. The third-order valence-corrected chi connectivity index (χ3v) is 5.04. The molecule has 1 aliphatic rings. The van der Waals surface area contributed by atoms with Crippen LogP contribution in [0.1, 0.15) is 23.1 Å². The third kappa shape index (κ3) is 7.43. The highest BCUT2D eigenvalue weighted by molar-refractivity contribution is 14.0. The van der Waals surface area contributed by atoms with Gasteiger partial charge in [0.1, 0.15) is 11.6 Å². The summed E-state index contributed by atoms with van der Waals surface area (Å²) in [6.07, 6.45) is 1.65. The maximum absolute atomic E-state index is 13.7. The molecule has 164 valence electrons. The van der Waals surface area contributed by atoms with Crippen molar-refractivity contribution in [3.05, 3.63) is 65.0 Å². The summed E-state index contributed by atoms with van der Waals surface area (Å²) in [7, 11) is 1.73. The lowest BCUT2D eigenvalue weighted by atomic mass is 10.1. The van der Waals surface area contributed by atoms with Gasteiger partial charge in [-0.25, -0.2) is 4.39 Å². The Kier molecular flexibility index (Phi) is 10.4. The first-order valence-corrected chi connectivity index (χ1v) is 10.1. The molecule has 2 aromatic carbocycles. The minimum Gasteiger partial charge on any atom is -0.493 e. The number of aryl methyl sites for hydroxylation is 1. The Labute approximate surface area is 195 Å². The van der Waals surface area contributed by atoms with Gasteiger partial charge >= 0.3 is 0 Å². The second kappa shape index (κ2) is 12.7. The van der Waals surface area contributed by atoms with Crippen molar-refractivity contribution in [1.29, 1.82) is 0 Å². The zero-order chi connectivity index (χ0) is 20.5. The van der Waals surface area contributed by atoms with Gasteiger partial charge in [0.25, 0.3) is 0 Å². The SMILES string of the molecule is CN=C(NCCc1ccccc1F)NCc1ccc(C)cc1OCC1CCOC1.I. The van der Waals surface area contributed by atoms with E-state index >= 15 is 0 Å². The molecule has 0 amide bonds. The summed E-state index contributed by atoms with van der Waals surface area (Å²) < 4.78 is 25.3. The molecule has 0 aliphatic carbocycles. The number of hydrogen-bond donors (Lipinski definition) is 2. The summed E-state index contributed by atoms with van der Waals surface area (Å²) in [4.78, 5) is 4.26. The van der Waals surface area contributed by atoms with Crippen molar-refractivity contribution in [2.24, 2.45) is 10.9 Å². The third-order valence-electron chi connectivity index (χ3n) is 5.04. The van der Waals surface area contributed by atoms with Crippen LogP contribution in [-0.4, -0.2) is 39.4 Å². The average molecular weight is 527 g/mol. The fourth-order valence-electron chi connectivity index (χ4n) is 3.28. The van der Waals surface area contributed by atoms with Gasteiger partial charge in [-0.05, 0) is 43.0 Å². The summed E-state index contributed by atoms with van der Waals surface area (Å²) >= 11 is 0. The van der Waals surface area contributed by atoms with Gasteiger partial charge in [-0.3, -0.25) is 4.99 Å². The van der Waals surface area contributed by atoms with Crippen molar-refractivity contribution in [1.82, 2.24) is 10.6 Å². The van der Waals surface area contributed by atoms with E-state index in [1.807, 2.05) is 6.07 Å². The van der Waals surface area contributed by atoms with Crippen LogP contribution in [-0.2, 0) is 17.7 Å². The van der Waals surface area contributed by atoms with Crippen molar-refractivity contribution >= 4 is 29.9 Å². The topological polar surface area (TPSA) is 54.9 Å². The molecule has 1 atom stereocenters. The molecule has 0 saturated carbocycles. The lowest BCUT2D eigenvalue weighted by molar-refractivity contribution is 0.166. The van der Waals surface area contributed by atoms with Crippen LogP contribution in [0, 0.1) is 18.7 Å². The molecule has 5 nitrogen and oxygen atoms in total. The highest BCUT2D eigenvalue weighted by Gasteiger charge is 2.17. The molecule has 1 heterocycles. The molecule has 3 rings (SSSR count). The zero-order valence-electron chi connectivity index (χ0n) is 17.6. The molecule has 1 unspecified atom stereocenters. The van der Waals surface area contributed by atoms with Crippen LogP contribution < -0.4 is 15.4 Å². The van der Waals surface area contributed by atoms with Gasteiger partial charge in [-0.2, -0.15) is 0 Å². The Morgan fingerprint density at radius 2 is 2.03 bits per heavy atom. The van der Waals surface area contributed by atoms with Crippen LogP contribution in [0.5, 0.6) is 5.75 Å². The molecule has 7 heteroatoms. The molecular formula is C23H31FIN3O2. The summed E-state index contributed by atoms with van der Waals surface area (Å²) in [6, 6.07) is 13.1. The van der Waals surface area contributed by atoms with E-state index in [0.29, 0.717) is 43.6 Å². The molecule has 2 N–H and O–H groups in total. The molecule has 0 bridgehead atoms. The summed E-state index contributed by atoms with van der Waals surface area (Å²) in [5, 5.41) is 6.55. The quantitative estimate of drug-likeness (QED) is 0.309. The second-order valence-electron chi connectivity index (χ2n) is 7.35. The van der Waals surface area contributed by atoms with Crippen LogP contribution >= 0.6 is 24.0 Å². The molecule has 2 aromatic rings. The first-order chi connectivity index (χ1) is 14.2. The Bertz CT molecular complexity index is 826. The minimum atomic E-state index is -0.175. The zero-order valence-corrected chi connectivity index (χ0v) is 19.9. The van der Waals surface area contributed by atoms with Gasteiger partial charge in [-0.1, -0.05) is 30.3 Å². The van der Waals surface area contributed by atoms with Gasteiger partial charge < -0.3 is 20.1 Å². The maximum atomic E-state index is 13.7. The minimum absolute atomic E-state index is 0. The van der Waals surface area contributed by atoms with E-state index in [-0.39, 0.29) is 29.8 Å². The van der Waals surface area contributed by atoms with Crippen molar-refractivity contribution < 1.29 is 13.9 Å². The van der Waals surface area contributed by atoms with E-state index in [0.717, 1.165) is 30.9 Å². The van der Waals surface area contributed by atoms with Crippen LogP contribution in [0.2, 0.25) is 0 Å². The number of halogens is 2. The van der Waals surface area contributed by atoms with Crippen LogP contribution in [0.3, 0.4) is 0 Å². The lowest BCUT2D eigenvalue weighted by Gasteiger charge is -2.17. The van der Waals surface area contributed by atoms with Gasteiger partial charge in [0.05, 0.1) is 13.2 Å². The fourth-order valence-corrected chi connectivity index (χ4v) is 3.28. The van der Waals surface area contributed by atoms with Crippen molar-refractivity contribution in [2.75, 3.05) is 33.4 Å². The number of guanidine groups is 1. The van der Waals surface area contributed by atoms with Crippen molar-refractivity contribution in [2.45, 2.75) is 26.3 Å². The van der Waals surface area contributed by atoms with Gasteiger partial charge in [0, 0.05) is 38.2 Å². The number of rotatable bonds is 8. The number of nitrogens with zero attached hydrogens (tertiary/aromatic N) is 1. The Morgan fingerprint density at radius 1 is 1.20 bits per heavy atom. The molecule has 0 spiro atoms. The molecule has 30 heavy (non-hydrogen) atoms. The largest absolute Gasteiger partial charge is 0.493 e. The predicted octanol–water partition coefficient (Wildman–Crippen LogP) is 4.08. The molecule has 0 radical (unpaired) electrons. The Morgan fingerprint density at radius 3 is 2.77 bits per heavy atom. The second-order valence-corrected chi connectivity index (χ2v) is 7.35. The van der Waals surface area contributed by atoms with Gasteiger partial charge in [-0.15, -0.1) is 24.0 Å². The van der Waals surface area contributed by atoms with Gasteiger partial charge in [0.15, 0.2) is 5.96 Å². The molecule has 1 fully saturated rings. The van der Waals surface area contributed by atoms with Crippen LogP contribution in [0.25, 0.3) is 0 Å².